The molecule has 0 unspecified atom stereocenters. The minimum atomic E-state index is -1.13. The van der Waals surface area contributed by atoms with Crippen molar-refractivity contribution in [1.82, 2.24) is 0 Å². The molecule has 0 bridgehead atoms. The molecule has 6 heteroatoms. The lowest BCUT2D eigenvalue weighted by atomic mass is 9.99. The van der Waals surface area contributed by atoms with Crippen LogP contribution in [0.1, 0.15) is 38.7 Å². The van der Waals surface area contributed by atoms with E-state index in [1.807, 2.05) is 30.3 Å². The minimum Gasteiger partial charge on any atom is -0.494 e. The third kappa shape index (κ3) is 10.1. The summed E-state index contributed by atoms with van der Waals surface area (Å²) < 4.78 is 15.9. The number of esters is 2. The smallest absolute Gasteiger partial charge is 0.320 e. The Labute approximate surface area is 182 Å². The number of rotatable bonds is 15. The van der Waals surface area contributed by atoms with E-state index in [1.165, 1.54) is 18.5 Å². The van der Waals surface area contributed by atoms with E-state index >= 15 is 0 Å². The van der Waals surface area contributed by atoms with Crippen LogP contribution in [0.2, 0.25) is 25.2 Å². The summed E-state index contributed by atoms with van der Waals surface area (Å²) >= 11 is 0. The number of hydrogen-bond donors (Lipinski definition) is 0. The van der Waals surface area contributed by atoms with Gasteiger partial charge in [-0.1, -0.05) is 43.8 Å². The largest absolute Gasteiger partial charge is 0.494 e. The van der Waals surface area contributed by atoms with Crippen molar-refractivity contribution in [2.45, 2.75) is 64.7 Å². The molecule has 0 heterocycles. The van der Waals surface area contributed by atoms with Crippen LogP contribution in [0.25, 0.3) is 0 Å². The Hall–Kier alpha value is -2.08. The lowest BCUT2D eigenvalue weighted by molar-refractivity contribution is -0.161. The van der Waals surface area contributed by atoms with E-state index < -0.39 is 25.9 Å². The highest BCUT2D eigenvalue weighted by atomic mass is 28.3. The maximum atomic E-state index is 12.1. The van der Waals surface area contributed by atoms with Crippen molar-refractivity contribution in [2.75, 3.05) is 19.8 Å². The molecule has 1 aromatic carbocycles. The Morgan fingerprint density at radius 1 is 1.03 bits per heavy atom. The molecule has 5 nitrogen and oxygen atoms in total. The molecule has 0 aliphatic heterocycles. The molecule has 0 atom stereocenters. The number of unbranched alkanes of at least 4 members (excludes halogenated alkanes) is 1. The summed E-state index contributed by atoms with van der Waals surface area (Å²) in [6.07, 6.45) is 5.24. The van der Waals surface area contributed by atoms with Crippen LogP contribution < -0.4 is 4.74 Å². The molecule has 0 N–H and O–H groups in total. The topological polar surface area (TPSA) is 61.8 Å². The summed E-state index contributed by atoms with van der Waals surface area (Å²) in [4.78, 5) is 24.1. The van der Waals surface area contributed by atoms with Crippen LogP contribution in [-0.4, -0.2) is 39.8 Å². The highest BCUT2D eigenvalue weighted by molar-refractivity contribution is 6.77. The zero-order chi connectivity index (χ0) is 22.4. The fourth-order valence-corrected chi connectivity index (χ4v) is 5.46. The van der Waals surface area contributed by atoms with Crippen LogP contribution >= 0.6 is 0 Å². The van der Waals surface area contributed by atoms with Crippen molar-refractivity contribution >= 4 is 20.0 Å². The van der Waals surface area contributed by atoms with Gasteiger partial charge in [0.1, 0.15) is 5.75 Å². The Morgan fingerprint density at radius 3 is 2.17 bits per heavy atom. The fraction of sp³-hybridized carbons (Fsp3) is 0.583. The first kappa shape index (κ1) is 26.0. The quantitative estimate of drug-likeness (QED) is 0.121. The second-order valence-corrected chi connectivity index (χ2v) is 13.4. The lowest BCUT2D eigenvalue weighted by Gasteiger charge is -2.20. The van der Waals surface area contributed by atoms with Crippen molar-refractivity contribution in [3.63, 3.8) is 0 Å². The zero-order valence-electron chi connectivity index (χ0n) is 19.1. The number of aryl methyl sites for hydroxylation is 1. The average molecular weight is 435 g/mol. The van der Waals surface area contributed by atoms with E-state index in [0.29, 0.717) is 19.4 Å². The van der Waals surface area contributed by atoms with E-state index in [1.54, 1.807) is 13.8 Å². The van der Waals surface area contributed by atoms with Gasteiger partial charge < -0.3 is 14.2 Å². The lowest BCUT2D eigenvalue weighted by Crippen LogP contribution is -2.28. The summed E-state index contributed by atoms with van der Waals surface area (Å²) in [6, 6.07) is 10.3. The molecule has 0 spiro atoms. The Balaban J connectivity index is 2.44. The van der Waals surface area contributed by atoms with Gasteiger partial charge in [-0.15, -0.1) is 6.58 Å². The van der Waals surface area contributed by atoms with E-state index in [-0.39, 0.29) is 13.2 Å². The van der Waals surface area contributed by atoms with Gasteiger partial charge in [0.15, 0.2) is 5.92 Å². The van der Waals surface area contributed by atoms with Gasteiger partial charge in [-0.25, -0.2) is 0 Å². The van der Waals surface area contributed by atoms with Gasteiger partial charge in [-0.3, -0.25) is 9.59 Å². The number of carbonyl (C=O) groups is 2. The van der Waals surface area contributed by atoms with Crippen LogP contribution in [0.5, 0.6) is 5.75 Å². The third-order valence-electron chi connectivity index (χ3n) is 5.00. The number of ether oxygens (including phenoxy) is 3. The van der Waals surface area contributed by atoms with Gasteiger partial charge in [-0.2, -0.15) is 0 Å². The van der Waals surface area contributed by atoms with E-state index in [2.05, 4.69) is 19.7 Å². The zero-order valence-corrected chi connectivity index (χ0v) is 20.1. The molecule has 0 saturated carbocycles. The predicted octanol–water partition coefficient (Wildman–Crippen LogP) is 5.42. The average Bonchev–Trinajstić information content (AvgIpc) is 2.69. The SMILES string of the molecule is C=CC[Si](C)(C)CCCCOc1ccc(CCC(C(=O)OCC)C(=O)OCC)cc1. The molecule has 0 radical (unpaired) electrons. The van der Waals surface area contributed by atoms with E-state index in [0.717, 1.165) is 17.7 Å². The van der Waals surface area contributed by atoms with Crippen LogP contribution in [0, 0.1) is 5.92 Å². The van der Waals surface area contributed by atoms with E-state index in [9.17, 15) is 9.59 Å². The predicted molar refractivity (Wildman–Crippen MR) is 124 cm³/mol. The molecule has 168 valence electrons. The first-order valence-electron chi connectivity index (χ1n) is 11.0. The van der Waals surface area contributed by atoms with Crippen molar-refractivity contribution in [1.29, 1.82) is 0 Å². The number of carbonyl (C=O) groups excluding carboxylic acids is 2. The van der Waals surface area contributed by atoms with Gasteiger partial charge in [0.05, 0.1) is 27.9 Å². The van der Waals surface area contributed by atoms with Crippen LogP contribution in [0.4, 0.5) is 0 Å². The highest BCUT2D eigenvalue weighted by Gasteiger charge is 2.29. The first-order valence-corrected chi connectivity index (χ1v) is 14.4. The van der Waals surface area contributed by atoms with Crippen LogP contribution in [0.15, 0.2) is 36.9 Å². The van der Waals surface area contributed by atoms with E-state index in [4.69, 9.17) is 14.2 Å². The standard InChI is InChI=1S/C24H38O5Si/c1-6-18-30(4,5)19-10-9-17-29-21-14-11-20(12-15-21)13-16-22(23(25)27-7-2)24(26)28-8-3/h6,11-12,14-15,22H,1,7-10,13,16-19H2,2-5H3. The van der Waals surface area contributed by atoms with Crippen molar-refractivity contribution in [3.8, 4) is 5.75 Å². The van der Waals surface area contributed by atoms with Crippen molar-refractivity contribution in [3.05, 3.63) is 42.5 Å². The van der Waals surface area contributed by atoms with Crippen molar-refractivity contribution in [2.24, 2.45) is 5.92 Å². The molecule has 30 heavy (non-hydrogen) atoms. The first-order chi connectivity index (χ1) is 14.3. The number of hydrogen-bond acceptors (Lipinski definition) is 5. The van der Waals surface area contributed by atoms with Gasteiger partial charge >= 0.3 is 11.9 Å². The molecule has 1 rings (SSSR count). The Bertz CT molecular complexity index is 636. The Morgan fingerprint density at radius 2 is 1.63 bits per heavy atom. The molecule has 0 saturated heterocycles. The summed E-state index contributed by atoms with van der Waals surface area (Å²) in [5, 5.41) is 0. The summed E-state index contributed by atoms with van der Waals surface area (Å²) in [5.74, 6) is -1.08. The molecule has 0 aromatic heterocycles. The Kier molecular flexibility index (Phi) is 12.1. The van der Waals surface area contributed by atoms with Crippen LogP contribution in [-0.2, 0) is 25.5 Å². The highest BCUT2D eigenvalue weighted by Crippen LogP contribution is 2.20. The summed E-state index contributed by atoms with van der Waals surface area (Å²) in [7, 11) is -1.13. The van der Waals surface area contributed by atoms with Gasteiger partial charge in [0.25, 0.3) is 0 Å². The van der Waals surface area contributed by atoms with Gasteiger partial charge in [0.2, 0.25) is 0 Å². The monoisotopic (exact) mass is 434 g/mol. The molecular formula is C24H38O5Si. The fourth-order valence-electron chi connectivity index (χ4n) is 3.27. The summed E-state index contributed by atoms with van der Waals surface area (Å²) in [6.45, 7) is 13.3. The minimum absolute atomic E-state index is 0.245. The van der Waals surface area contributed by atoms with Crippen molar-refractivity contribution < 1.29 is 23.8 Å². The van der Waals surface area contributed by atoms with Crippen LogP contribution in [0.3, 0.4) is 0 Å². The van der Waals surface area contributed by atoms with Gasteiger partial charge in [0, 0.05) is 0 Å². The molecular weight excluding hydrogens is 396 g/mol. The molecule has 0 fully saturated rings. The molecule has 0 amide bonds. The number of benzene rings is 1. The van der Waals surface area contributed by atoms with Gasteiger partial charge in [-0.05, 0) is 56.9 Å². The normalized spacial score (nSPS) is 11.2. The summed E-state index contributed by atoms with van der Waals surface area (Å²) in [5.41, 5.74) is 1.04. The third-order valence-corrected chi connectivity index (χ3v) is 8.10. The molecule has 0 aliphatic rings. The maximum Gasteiger partial charge on any atom is 0.320 e. The second kappa shape index (κ2) is 14.0. The maximum absolute atomic E-state index is 12.1. The second-order valence-electron chi connectivity index (χ2n) is 8.20. The molecule has 1 aromatic rings. The molecule has 0 aliphatic carbocycles. The number of allylic oxidation sites excluding steroid dienone is 1.